The van der Waals surface area contributed by atoms with Gasteiger partial charge in [0.1, 0.15) is 0 Å². The molecule has 0 bridgehead atoms. The zero-order valence-electron chi connectivity index (χ0n) is 10.4. The summed E-state index contributed by atoms with van der Waals surface area (Å²) in [4.78, 5) is 38.1. The minimum atomic E-state index is -0.663. The van der Waals surface area contributed by atoms with E-state index >= 15 is 0 Å². The van der Waals surface area contributed by atoms with Gasteiger partial charge in [0.15, 0.2) is 5.78 Å². The molecule has 2 heterocycles. The lowest BCUT2D eigenvalue weighted by Crippen LogP contribution is -2.34. The number of anilines is 1. The van der Waals surface area contributed by atoms with Gasteiger partial charge in [0.05, 0.1) is 22.7 Å². The number of hydrogen-bond acceptors (Lipinski definition) is 4. The second-order valence-corrected chi connectivity index (χ2v) is 7.09. The zero-order valence-corrected chi connectivity index (χ0v) is 14.4. The van der Waals surface area contributed by atoms with Crippen molar-refractivity contribution in [3.8, 4) is 0 Å². The summed E-state index contributed by atoms with van der Waals surface area (Å²) in [6.07, 6.45) is 0. The number of hydrogen-bond donors (Lipinski definition) is 0. The van der Waals surface area contributed by atoms with Crippen LogP contribution in [-0.2, 0) is 4.79 Å². The lowest BCUT2D eigenvalue weighted by Gasteiger charge is -2.15. The molecule has 0 radical (unpaired) electrons. The Labute approximate surface area is 141 Å². The number of amides is 1. The van der Waals surface area contributed by atoms with Crippen LogP contribution in [0.4, 0.5) is 5.69 Å². The number of fused-ring (bicyclic) bond motifs is 1. The monoisotopic (exact) mass is 427 g/mol. The molecule has 2 aromatic rings. The summed E-state index contributed by atoms with van der Waals surface area (Å²) in [6, 6.07) is 6.78. The van der Waals surface area contributed by atoms with E-state index in [0.29, 0.717) is 20.6 Å². The normalized spacial score (nSPS) is 13.7. The van der Waals surface area contributed by atoms with Crippen LogP contribution >= 0.6 is 43.2 Å². The summed E-state index contributed by atoms with van der Waals surface area (Å²) in [7, 11) is 0. The fourth-order valence-corrected chi connectivity index (χ4v) is 4.02. The molecule has 0 N–H and O–H groups in total. The molecule has 7 heteroatoms. The average Bonchev–Trinajstić information content (AvgIpc) is 2.97. The van der Waals surface area contributed by atoms with E-state index in [1.807, 2.05) is 0 Å². The summed E-state index contributed by atoms with van der Waals surface area (Å²) < 4.78 is 1.42. The second kappa shape index (κ2) is 5.47. The highest BCUT2D eigenvalue weighted by Crippen LogP contribution is 2.32. The molecule has 0 fully saturated rings. The molecule has 0 saturated carbocycles. The second-order valence-electron chi connectivity index (χ2n) is 4.40. The lowest BCUT2D eigenvalue weighted by molar-refractivity contribution is -0.114. The SMILES string of the molecule is O=C1C(=O)N(CC(=O)c2sccc2Br)c2ccc(Br)cc21. The smallest absolute Gasteiger partial charge is 0.297 e. The molecule has 3 rings (SSSR count). The topological polar surface area (TPSA) is 54.5 Å². The van der Waals surface area contributed by atoms with Crippen molar-refractivity contribution in [1.29, 1.82) is 0 Å². The molecular weight excluding hydrogens is 422 g/mol. The third-order valence-electron chi connectivity index (χ3n) is 3.11. The summed E-state index contributed by atoms with van der Waals surface area (Å²) in [6.45, 7) is -0.141. The van der Waals surface area contributed by atoms with Gasteiger partial charge in [-0.15, -0.1) is 11.3 Å². The highest BCUT2D eigenvalue weighted by molar-refractivity contribution is 9.10. The maximum absolute atomic E-state index is 12.3. The minimum absolute atomic E-state index is 0.141. The molecule has 1 aliphatic rings. The van der Waals surface area contributed by atoms with E-state index in [9.17, 15) is 14.4 Å². The Kier molecular flexibility index (Phi) is 3.81. The number of thiophene rings is 1. The Hall–Kier alpha value is -1.31. The highest BCUT2D eigenvalue weighted by Gasteiger charge is 2.37. The van der Waals surface area contributed by atoms with Crippen LogP contribution in [0, 0.1) is 0 Å². The van der Waals surface area contributed by atoms with Gasteiger partial charge in [-0.2, -0.15) is 0 Å². The number of carbonyl (C=O) groups is 3. The highest BCUT2D eigenvalue weighted by atomic mass is 79.9. The molecule has 1 aliphatic heterocycles. The van der Waals surface area contributed by atoms with Crippen molar-refractivity contribution in [3.63, 3.8) is 0 Å². The largest absolute Gasteiger partial charge is 0.299 e. The first-order valence-corrected chi connectivity index (χ1v) is 8.37. The van der Waals surface area contributed by atoms with Gasteiger partial charge >= 0.3 is 0 Å². The van der Waals surface area contributed by atoms with Crippen molar-refractivity contribution in [3.05, 3.63) is 49.0 Å². The van der Waals surface area contributed by atoms with Gasteiger partial charge in [0, 0.05) is 8.95 Å². The predicted octanol–water partition coefficient (Wildman–Crippen LogP) is 3.69. The molecule has 1 amide bonds. The third-order valence-corrected chi connectivity index (χ3v) is 5.48. The summed E-state index contributed by atoms with van der Waals surface area (Å²) >= 11 is 7.87. The summed E-state index contributed by atoms with van der Waals surface area (Å²) in [5.41, 5.74) is 0.807. The van der Waals surface area contributed by atoms with Gasteiger partial charge in [-0.1, -0.05) is 15.9 Å². The van der Waals surface area contributed by atoms with Gasteiger partial charge in [0.25, 0.3) is 11.7 Å². The molecule has 21 heavy (non-hydrogen) atoms. The molecule has 0 atom stereocenters. The molecule has 0 spiro atoms. The first-order chi connectivity index (χ1) is 9.99. The Balaban J connectivity index is 1.94. The molecule has 0 aliphatic carbocycles. The van der Waals surface area contributed by atoms with Crippen LogP contribution in [0.15, 0.2) is 38.6 Å². The molecule has 106 valence electrons. The first-order valence-electron chi connectivity index (χ1n) is 5.91. The Morgan fingerprint density at radius 3 is 2.62 bits per heavy atom. The molecule has 0 unspecified atom stereocenters. The van der Waals surface area contributed by atoms with E-state index in [0.717, 1.165) is 4.47 Å². The minimum Gasteiger partial charge on any atom is -0.297 e. The number of rotatable bonds is 3. The standard InChI is InChI=1S/C14H7Br2NO3S/c15-7-1-2-10-8(5-7)12(19)14(20)17(10)6-11(18)13-9(16)3-4-21-13/h1-5H,6H2. The molecule has 0 saturated heterocycles. The van der Waals surface area contributed by atoms with Crippen LogP contribution in [0.25, 0.3) is 0 Å². The fourth-order valence-electron chi connectivity index (χ4n) is 2.14. The van der Waals surface area contributed by atoms with E-state index in [4.69, 9.17) is 0 Å². The maximum atomic E-state index is 12.3. The third kappa shape index (κ3) is 2.49. The number of carbonyl (C=O) groups excluding carboxylic acids is 3. The Morgan fingerprint density at radius 1 is 1.19 bits per heavy atom. The molecular formula is C14H7Br2NO3S. The molecule has 4 nitrogen and oxygen atoms in total. The maximum Gasteiger partial charge on any atom is 0.299 e. The van der Waals surface area contributed by atoms with Crippen molar-refractivity contribution in [2.24, 2.45) is 0 Å². The number of benzene rings is 1. The fraction of sp³-hybridized carbons (Fsp3) is 0.0714. The van der Waals surface area contributed by atoms with Gasteiger partial charge in [-0.3, -0.25) is 19.3 Å². The van der Waals surface area contributed by atoms with Crippen molar-refractivity contribution in [1.82, 2.24) is 0 Å². The molecule has 1 aromatic heterocycles. The summed E-state index contributed by atoms with van der Waals surface area (Å²) in [5.74, 6) is -1.44. The van der Waals surface area contributed by atoms with Crippen LogP contribution in [0.5, 0.6) is 0 Å². The predicted molar refractivity (Wildman–Crippen MR) is 87.2 cm³/mol. The number of ketones is 2. The first kappa shape index (κ1) is 14.6. The number of nitrogens with zero attached hydrogens (tertiary/aromatic N) is 1. The van der Waals surface area contributed by atoms with Crippen molar-refractivity contribution in [2.45, 2.75) is 0 Å². The summed E-state index contributed by atoms with van der Waals surface area (Å²) in [5, 5.41) is 1.79. The number of Topliss-reactive ketones (excluding diaryl/α,β-unsaturated/α-hetero) is 2. The van der Waals surface area contributed by atoms with Crippen LogP contribution in [0.1, 0.15) is 20.0 Å². The van der Waals surface area contributed by atoms with Gasteiger partial charge in [-0.25, -0.2) is 0 Å². The van der Waals surface area contributed by atoms with Crippen LogP contribution in [0.2, 0.25) is 0 Å². The van der Waals surface area contributed by atoms with E-state index in [-0.39, 0.29) is 12.3 Å². The lowest BCUT2D eigenvalue weighted by atomic mass is 10.1. The van der Waals surface area contributed by atoms with E-state index in [1.54, 1.807) is 29.6 Å². The van der Waals surface area contributed by atoms with Gasteiger partial charge in [0.2, 0.25) is 0 Å². The number of halogens is 2. The van der Waals surface area contributed by atoms with Gasteiger partial charge < -0.3 is 0 Å². The van der Waals surface area contributed by atoms with Crippen LogP contribution in [0.3, 0.4) is 0 Å². The zero-order chi connectivity index (χ0) is 15.1. The quantitative estimate of drug-likeness (QED) is 0.553. The Morgan fingerprint density at radius 2 is 1.95 bits per heavy atom. The van der Waals surface area contributed by atoms with Crippen molar-refractivity contribution in [2.75, 3.05) is 11.4 Å². The van der Waals surface area contributed by atoms with E-state index in [2.05, 4.69) is 31.9 Å². The average molecular weight is 429 g/mol. The Bertz CT molecular complexity index is 784. The van der Waals surface area contributed by atoms with Gasteiger partial charge in [-0.05, 0) is 45.6 Å². The van der Waals surface area contributed by atoms with E-state index < -0.39 is 11.7 Å². The van der Waals surface area contributed by atoms with E-state index in [1.165, 1.54) is 16.2 Å². The molecule has 1 aromatic carbocycles. The van der Waals surface area contributed by atoms with Crippen molar-refractivity contribution >= 4 is 66.4 Å². The van der Waals surface area contributed by atoms with Crippen LogP contribution < -0.4 is 4.90 Å². The van der Waals surface area contributed by atoms with Crippen molar-refractivity contribution < 1.29 is 14.4 Å². The van der Waals surface area contributed by atoms with Crippen LogP contribution in [-0.4, -0.2) is 24.0 Å².